The molecule has 0 aromatic heterocycles. The van der Waals surface area contributed by atoms with E-state index in [1.807, 2.05) is 19.9 Å². The van der Waals surface area contributed by atoms with Gasteiger partial charge in [0.1, 0.15) is 12.4 Å². The molecule has 1 unspecified atom stereocenters. The molecule has 2 aromatic carbocycles. The molecule has 194 valence electrons. The maximum Gasteiger partial charge on any atom is 0.436 e. The van der Waals surface area contributed by atoms with Crippen molar-refractivity contribution in [2.24, 2.45) is 5.92 Å². The number of amides is 3. The summed E-state index contributed by atoms with van der Waals surface area (Å²) in [6.45, 7) is 11.3. The van der Waals surface area contributed by atoms with Crippen molar-refractivity contribution in [3.8, 4) is 5.75 Å². The summed E-state index contributed by atoms with van der Waals surface area (Å²) in [6, 6.07) is 10.0. The van der Waals surface area contributed by atoms with Gasteiger partial charge in [-0.15, -0.1) is 5.01 Å². The number of aliphatic carboxylic acids is 1. The van der Waals surface area contributed by atoms with Crippen molar-refractivity contribution in [1.82, 2.24) is 10.0 Å². The second kappa shape index (κ2) is 11.2. The van der Waals surface area contributed by atoms with Gasteiger partial charge < -0.3 is 14.6 Å². The third kappa shape index (κ3) is 6.41. The molecule has 2 aromatic rings. The Labute approximate surface area is 211 Å². The number of carboxylic acids is 1. The topological polar surface area (TPSA) is 113 Å². The Kier molecular flexibility index (Phi) is 8.85. The van der Waals surface area contributed by atoms with E-state index in [0.717, 1.165) is 16.1 Å². The van der Waals surface area contributed by atoms with E-state index in [-0.39, 0.29) is 11.1 Å². The summed E-state index contributed by atoms with van der Waals surface area (Å²) in [7, 11) is 1.46. The molecule has 3 amide bonds. The Morgan fingerprint density at radius 1 is 0.972 bits per heavy atom. The maximum absolute atomic E-state index is 13.9. The Morgan fingerprint density at radius 3 is 2.06 bits per heavy atom. The molecule has 1 N–H and O–H groups in total. The first-order valence-electron chi connectivity index (χ1n) is 11.5. The van der Waals surface area contributed by atoms with Crippen LogP contribution in [0.15, 0.2) is 36.4 Å². The van der Waals surface area contributed by atoms with Gasteiger partial charge in [-0.05, 0) is 72.7 Å². The maximum atomic E-state index is 13.9. The molecule has 36 heavy (non-hydrogen) atoms. The zero-order chi connectivity index (χ0) is 27.4. The largest absolute Gasteiger partial charge is 0.496 e. The third-order valence-electron chi connectivity index (χ3n) is 5.47. The number of nitrogens with zero attached hydrogens (tertiary/aromatic N) is 2. The quantitative estimate of drug-likeness (QED) is 0.571. The zero-order valence-corrected chi connectivity index (χ0v) is 22.0. The van der Waals surface area contributed by atoms with Crippen LogP contribution < -0.4 is 4.74 Å². The number of hydrogen-bond acceptors (Lipinski definition) is 6. The van der Waals surface area contributed by atoms with Gasteiger partial charge in [0.15, 0.2) is 0 Å². The number of rotatable bonds is 6. The highest BCUT2D eigenvalue weighted by Crippen LogP contribution is 2.27. The van der Waals surface area contributed by atoms with Crippen molar-refractivity contribution >= 4 is 23.9 Å². The number of methoxy groups -OCH3 is 1. The molecular formula is C27H34N2O7. The van der Waals surface area contributed by atoms with E-state index in [1.165, 1.54) is 20.1 Å². The van der Waals surface area contributed by atoms with Crippen molar-refractivity contribution in [1.29, 1.82) is 0 Å². The van der Waals surface area contributed by atoms with Crippen molar-refractivity contribution in [3.63, 3.8) is 0 Å². The van der Waals surface area contributed by atoms with Gasteiger partial charge in [0.25, 0.3) is 11.8 Å². The number of hydrazine groups is 1. The lowest BCUT2D eigenvalue weighted by Crippen LogP contribution is -2.60. The van der Waals surface area contributed by atoms with Crippen LogP contribution in [0.2, 0.25) is 0 Å². The molecule has 9 nitrogen and oxygen atoms in total. The minimum absolute atomic E-state index is 0.125. The smallest absolute Gasteiger partial charge is 0.436 e. The Hall–Kier alpha value is -3.88. The van der Waals surface area contributed by atoms with E-state index in [4.69, 9.17) is 9.47 Å². The van der Waals surface area contributed by atoms with Gasteiger partial charge in [-0.3, -0.25) is 14.4 Å². The summed E-state index contributed by atoms with van der Waals surface area (Å²) in [5, 5.41) is 10.9. The molecule has 0 fully saturated rings. The average molecular weight is 499 g/mol. The van der Waals surface area contributed by atoms with Gasteiger partial charge in [-0.1, -0.05) is 23.3 Å². The molecule has 0 aliphatic carbocycles. The van der Waals surface area contributed by atoms with Crippen LogP contribution >= 0.6 is 0 Å². The predicted molar refractivity (Wildman–Crippen MR) is 134 cm³/mol. The molecule has 0 saturated carbocycles. The molecule has 0 aliphatic rings. The van der Waals surface area contributed by atoms with Gasteiger partial charge in [0.2, 0.25) is 0 Å². The number of benzene rings is 2. The van der Waals surface area contributed by atoms with Crippen LogP contribution in [0.5, 0.6) is 5.75 Å². The van der Waals surface area contributed by atoms with Crippen molar-refractivity contribution in [2.45, 2.75) is 54.0 Å². The fraction of sp³-hybridized carbons (Fsp3) is 0.407. The number of ether oxygens (including phenoxy) is 2. The van der Waals surface area contributed by atoms with Crippen molar-refractivity contribution in [2.75, 3.05) is 13.7 Å². The number of hydrogen-bond donors (Lipinski definition) is 1. The molecule has 1 atom stereocenters. The molecule has 0 radical (unpaired) electrons. The second-order valence-corrected chi connectivity index (χ2v) is 9.73. The van der Waals surface area contributed by atoms with Gasteiger partial charge >= 0.3 is 12.1 Å². The lowest BCUT2D eigenvalue weighted by molar-refractivity contribution is -0.142. The minimum atomic E-state index is -1.16. The molecular weight excluding hydrogens is 464 g/mol. The lowest BCUT2D eigenvalue weighted by atomic mass is 10.0. The lowest BCUT2D eigenvalue weighted by Gasteiger charge is -2.41. The third-order valence-corrected chi connectivity index (χ3v) is 5.47. The standard InChI is InChI=1S/C27H34N2O7/c1-16-12-17(2)14-20(13-16)23(30)29(27(5,6)7)28(26(34)36-15-18(3)25(32)33)24(31)21-10-9-11-22(35-8)19(21)4/h9-14,18H,15H2,1-8H3,(H,32,33). The van der Waals surface area contributed by atoms with Crippen LogP contribution in [0.4, 0.5) is 4.79 Å². The molecule has 0 bridgehead atoms. The van der Waals surface area contributed by atoms with Crippen molar-refractivity contribution < 1.29 is 33.8 Å². The van der Waals surface area contributed by atoms with Crippen LogP contribution in [-0.2, 0) is 9.53 Å². The van der Waals surface area contributed by atoms with Gasteiger partial charge in [-0.25, -0.2) is 9.80 Å². The summed E-state index contributed by atoms with van der Waals surface area (Å²) in [5.41, 5.74) is 1.51. The van der Waals surface area contributed by atoms with E-state index < -0.39 is 41.9 Å². The van der Waals surface area contributed by atoms with E-state index >= 15 is 0 Å². The Bertz CT molecular complexity index is 1150. The van der Waals surface area contributed by atoms with E-state index in [0.29, 0.717) is 16.3 Å². The van der Waals surface area contributed by atoms with Gasteiger partial charge in [-0.2, -0.15) is 0 Å². The van der Waals surface area contributed by atoms with Gasteiger partial charge in [0, 0.05) is 16.7 Å². The van der Waals surface area contributed by atoms with Crippen LogP contribution in [0, 0.1) is 26.7 Å². The highest BCUT2D eigenvalue weighted by molar-refractivity contribution is 6.07. The molecule has 2 rings (SSSR count). The van der Waals surface area contributed by atoms with Crippen molar-refractivity contribution in [3.05, 3.63) is 64.2 Å². The fourth-order valence-corrected chi connectivity index (χ4v) is 3.68. The second-order valence-electron chi connectivity index (χ2n) is 9.73. The number of carboxylic acid groups (broad SMARTS) is 1. The van der Waals surface area contributed by atoms with Crippen LogP contribution in [0.3, 0.4) is 0 Å². The molecule has 0 aliphatic heterocycles. The monoisotopic (exact) mass is 498 g/mol. The van der Waals surface area contributed by atoms with Crippen LogP contribution in [0.1, 0.15) is 65.1 Å². The summed E-state index contributed by atoms with van der Waals surface area (Å²) < 4.78 is 10.6. The Balaban J connectivity index is 2.68. The van der Waals surface area contributed by atoms with Crippen LogP contribution in [-0.4, -0.2) is 58.3 Å². The summed E-state index contributed by atoms with van der Waals surface area (Å²) in [6.07, 6.45) is -1.16. The number of carbonyl (C=O) groups excluding carboxylic acids is 3. The van der Waals surface area contributed by atoms with E-state index in [1.54, 1.807) is 52.0 Å². The average Bonchev–Trinajstić information content (AvgIpc) is 2.78. The molecule has 0 heterocycles. The first-order chi connectivity index (χ1) is 16.7. The Morgan fingerprint density at radius 2 is 1.56 bits per heavy atom. The highest BCUT2D eigenvalue weighted by atomic mass is 16.6. The first kappa shape index (κ1) is 28.4. The fourth-order valence-electron chi connectivity index (χ4n) is 3.68. The number of carbonyl (C=O) groups is 4. The van der Waals surface area contributed by atoms with Gasteiger partial charge in [0.05, 0.1) is 18.6 Å². The summed E-state index contributed by atoms with van der Waals surface area (Å²) in [4.78, 5) is 52.3. The molecule has 0 saturated heterocycles. The minimum Gasteiger partial charge on any atom is -0.496 e. The number of imide groups is 1. The molecule has 9 heteroatoms. The van der Waals surface area contributed by atoms with E-state index in [2.05, 4.69) is 0 Å². The highest BCUT2D eigenvalue weighted by Gasteiger charge is 2.41. The first-order valence-corrected chi connectivity index (χ1v) is 11.5. The summed E-state index contributed by atoms with van der Waals surface area (Å²) >= 11 is 0. The SMILES string of the molecule is COc1cccc(C(=O)N(C(=O)OCC(C)C(=O)O)N(C(=O)c2cc(C)cc(C)c2)C(C)(C)C)c1C. The van der Waals surface area contributed by atoms with Crippen LogP contribution in [0.25, 0.3) is 0 Å². The molecule has 0 spiro atoms. The number of aryl methyl sites for hydroxylation is 2. The zero-order valence-electron chi connectivity index (χ0n) is 22.0. The summed E-state index contributed by atoms with van der Waals surface area (Å²) in [5.74, 6) is -3.15. The van der Waals surface area contributed by atoms with E-state index in [9.17, 15) is 24.3 Å². The normalized spacial score (nSPS) is 11.9. The predicted octanol–water partition coefficient (Wildman–Crippen LogP) is 4.78.